The molecule has 31 heavy (non-hydrogen) atoms. The minimum atomic E-state index is -0.179. The van der Waals surface area contributed by atoms with Crippen LogP contribution >= 0.6 is 0 Å². The van der Waals surface area contributed by atoms with E-state index in [-0.39, 0.29) is 12.1 Å². The zero-order valence-electron chi connectivity index (χ0n) is 17.9. The van der Waals surface area contributed by atoms with Crippen molar-refractivity contribution >= 4 is 34.5 Å². The Labute approximate surface area is 180 Å². The Balaban J connectivity index is 1.75. The van der Waals surface area contributed by atoms with Crippen LogP contribution in [0, 0.1) is 0 Å². The average molecular weight is 422 g/mol. The fraction of sp³-hybridized carbons (Fsp3) is 0.364. The molecule has 1 unspecified atom stereocenters. The van der Waals surface area contributed by atoms with Gasteiger partial charge in [-0.25, -0.2) is 9.97 Å². The van der Waals surface area contributed by atoms with Gasteiger partial charge < -0.3 is 25.4 Å². The second-order valence-corrected chi connectivity index (χ2v) is 7.68. The van der Waals surface area contributed by atoms with Crippen LogP contribution < -0.4 is 16.4 Å². The highest BCUT2D eigenvalue weighted by atomic mass is 16.4. The third-order valence-electron chi connectivity index (χ3n) is 5.45. The number of oxazole rings is 1. The third kappa shape index (κ3) is 3.96. The highest BCUT2D eigenvalue weighted by Gasteiger charge is 2.20. The van der Waals surface area contributed by atoms with Crippen LogP contribution in [0.25, 0.3) is 33.7 Å². The predicted octanol–water partition coefficient (Wildman–Crippen LogP) is 3.12. The summed E-state index contributed by atoms with van der Waals surface area (Å²) in [6.07, 6.45) is 5.02. The molecule has 0 aliphatic carbocycles. The maximum Gasteiger partial charge on any atom is 0.251 e. The normalized spacial score (nSPS) is 13.4. The van der Waals surface area contributed by atoms with Crippen molar-refractivity contribution in [2.45, 2.75) is 38.3 Å². The monoisotopic (exact) mass is 421 g/mol. The van der Waals surface area contributed by atoms with Crippen LogP contribution in [0.4, 0.5) is 5.82 Å². The molecule has 9 heteroatoms. The van der Waals surface area contributed by atoms with E-state index in [1.807, 2.05) is 35.9 Å². The molecule has 3 heterocycles. The molecule has 0 saturated carbocycles. The number of hydrogen-bond acceptors (Lipinski definition) is 7. The van der Waals surface area contributed by atoms with Gasteiger partial charge in [0.2, 0.25) is 12.3 Å². The van der Waals surface area contributed by atoms with Gasteiger partial charge >= 0.3 is 0 Å². The number of aromatic nitrogens is 4. The largest absolute Gasteiger partial charge is 0.418 e. The van der Waals surface area contributed by atoms with Crippen molar-refractivity contribution in [3.8, 4) is 11.5 Å². The van der Waals surface area contributed by atoms with Gasteiger partial charge in [-0.1, -0.05) is 25.5 Å². The second-order valence-electron chi connectivity index (χ2n) is 7.68. The van der Waals surface area contributed by atoms with Crippen molar-refractivity contribution in [2.24, 2.45) is 12.8 Å². The Morgan fingerprint density at radius 1 is 1.29 bits per heavy atom. The van der Waals surface area contributed by atoms with Gasteiger partial charge in [0.1, 0.15) is 11.0 Å². The van der Waals surface area contributed by atoms with Gasteiger partial charge in [0.15, 0.2) is 11.3 Å². The van der Waals surface area contributed by atoms with Gasteiger partial charge in [0, 0.05) is 25.7 Å². The van der Waals surface area contributed by atoms with E-state index >= 15 is 0 Å². The molecule has 0 saturated heterocycles. The lowest BCUT2D eigenvalue weighted by Gasteiger charge is -2.21. The topological polar surface area (TPSA) is 124 Å². The fourth-order valence-corrected chi connectivity index (χ4v) is 3.94. The highest BCUT2D eigenvalue weighted by Crippen LogP contribution is 2.32. The zero-order chi connectivity index (χ0) is 22.0. The van der Waals surface area contributed by atoms with E-state index in [4.69, 9.17) is 15.1 Å². The van der Waals surface area contributed by atoms with Crippen LogP contribution in [-0.4, -0.2) is 39.0 Å². The molecule has 4 N–H and O–H groups in total. The summed E-state index contributed by atoms with van der Waals surface area (Å²) in [4.78, 5) is 24.9. The van der Waals surface area contributed by atoms with E-state index in [0.717, 1.165) is 41.4 Å². The summed E-state index contributed by atoms with van der Waals surface area (Å²) < 4.78 is 7.93. The average Bonchev–Trinajstić information content (AvgIpc) is 3.36. The quantitative estimate of drug-likeness (QED) is 0.355. The number of pyridine rings is 1. The van der Waals surface area contributed by atoms with E-state index in [1.54, 1.807) is 13.4 Å². The Kier molecular flexibility index (Phi) is 5.85. The number of imidazole rings is 1. The maximum atomic E-state index is 11.2. The van der Waals surface area contributed by atoms with Crippen molar-refractivity contribution in [2.75, 3.05) is 12.4 Å². The van der Waals surface area contributed by atoms with Gasteiger partial charge in [-0.2, -0.15) is 4.98 Å². The molecule has 4 aromatic rings. The molecular weight excluding hydrogens is 394 g/mol. The summed E-state index contributed by atoms with van der Waals surface area (Å²) in [6, 6.07) is 7.64. The number of anilines is 1. The van der Waals surface area contributed by atoms with Crippen LogP contribution in [0.15, 0.2) is 35.0 Å². The molecule has 0 aliphatic rings. The first-order chi connectivity index (χ1) is 15.0. The first-order valence-electron chi connectivity index (χ1n) is 10.4. The van der Waals surface area contributed by atoms with Gasteiger partial charge in [-0.05, 0) is 30.5 Å². The SMILES string of the molecule is CCC[C@@H](N)CC(NC=O)c1cccc(-c2nc3c(nc(NC)c4ncn(C)c43)o2)c1. The summed E-state index contributed by atoms with van der Waals surface area (Å²) in [7, 11) is 3.71. The Morgan fingerprint density at radius 2 is 2.13 bits per heavy atom. The molecule has 0 bridgehead atoms. The smallest absolute Gasteiger partial charge is 0.251 e. The molecule has 9 nitrogen and oxygen atoms in total. The summed E-state index contributed by atoms with van der Waals surface area (Å²) in [5.74, 6) is 1.10. The third-order valence-corrected chi connectivity index (χ3v) is 5.45. The minimum Gasteiger partial charge on any atom is -0.418 e. The van der Waals surface area contributed by atoms with Crippen molar-refractivity contribution in [1.82, 2.24) is 24.8 Å². The molecule has 3 aromatic heterocycles. The first-order valence-corrected chi connectivity index (χ1v) is 10.4. The number of carbonyl (C=O) groups is 1. The van der Waals surface area contributed by atoms with Crippen molar-refractivity contribution < 1.29 is 9.21 Å². The molecule has 0 aliphatic heterocycles. The van der Waals surface area contributed by atoms with Crippen LogP contribution in [0.2, 0.25) is 0 Å². The van der Waals surface area contributed by atoms with Gasteiger partial charge in [0.05, 0.1) is 12.4 Å². The molecular formula is C22H27N7O2. The molecule has 162 valence electrons. The Bertz CT molecular complexity index is 1210. The Morgan fingerprint density at radius 3 is 2.87 bits per heavy atom. The molecule has 0 spiro atoms. The van der Waals surface area contributed by atoms with Gasteiger partial charge in [0.25, 0.3) is 5.71 Å². The summed E-state index contributed by atoms with van der Waals surface area (Å²) in [5, 5.41) is 5.96. The molecule has 2 atom stereocenters. The highest BCUT2D eigenvalue weighted by molar-refractivity contribution is 6.03. The molecule has 0 radical (unpaired) electrons. The van der Waals surface area contributed by atoms with Gasteiger partial charge in [-0.15, -0.1) is 0 Å². The summed E-state index contributed by atoms with van der Waals surface area (Å²) in [6.45, 7) is 2.10. The minimum absolute atomic E-state index is 0.0118. The van der Waals surface area contributed by atoms with E-state index in [2.05, 4.69) is 27.5 Å². The fourth-order valence-electron chi connectivity index (χ4n) is 3.94. The van der Waals surface area contributed by atoms with Crippen molar-refractivity contribution in [1.29, 1.82) is 0 Å². The number of carbonyl (C=O) groups excluding carboxylic acids is 1. The number of rotatable bonds is 9. The number of fused-ring (bicyclic) bond motifs is 3. The molecule has 0 fully saturated rings. The van der Waals surface area contributed by atoms with E-state index in [9.17, 15) is 4.79 Å². The number of nitrogens with zero attached hydrogens (tertiary/aromatic N) is 4. The number of amides is 1. The lowest BCUT2D eigenvalue weighted by atomic mass is 9.96. The Hall–Kier alpha value is -3.46. The van der Waals surface area contributed by atoms with E-state index in [0.29, 0.717) is 29.4 Å². The number of nitrogens with one attached hydrogen (secondary N) is 2. The lowest BCUT2D eigenvalue weighted by Crippen LogP contribution is -2.29. The summed E-state index contributed by atoms with van der Waals surface area (Å²) >= 11 is 0. The molecule has 1 amide bonds. The second kappa shape index (κ2) is 8.73. The van der Waals surface area contributed by atoms with E-state index in [1.165, 1.54) is 0 Å². The number of aryl methyl sites for hydroxylation is 1. The maximum absolute atomic E-state index is 11.2. The van der Waals surface area contributed by atoms with Crippen LogP contribution in [-0.2, 0) is 11.8 Å². The molecule has 1 aromatic carbocycles. The van der Waals surface area contributed by atoms with Crippen molar-refractivity contribution in [3.63, 3.8) is 0 Å². The predicted molar refractivity (Wildman–Crippen MR) is 120 cm³/mol. The van der Waals surface area contributed by atoms with Crippen LogP contribution in [0.1, 0.15) is 37.8 Å². The van der Waals surface area contributed by atoms with Gasteiger partial charge in [-0.3, -0.25) is 4.79 Å². The standard InChI is InChI=1S/C22H27N7O2/c1-4-6-15(23)10-16(26-12-30)13-7-5-8-14(9-13)21-27-18-19-17(25-11-29(19)3)20(24-2)28-22(18)31-21/h5,7-9,11-12,15-16H,4,6,10,23H2,1-3H3,(H,24,28)(H,26,30)/t15-,16?/m1/s1. The zero-order valence-corrected chi connectivity index (χ0v) is 17.9. The lowest BCUT2D eigenvalue weighted by molar-refractivity contribution is -0.110. The van der Waals surface area contributed by atoms with Crippen LogP contribution in [0.5, 0.6) is 0 Å². The number of hydrogen-bond donors (Lipinski definition) is 3. The van der Waals surface area contributed by atoms with E-state index < -0.39 is 0 Å². The molecule has 4 rings (SSSR count). The number of benzene rings is 1. The van der Waals surface area contributed by atoms with Crippen LogP contribution in [0.3, 0.4) is 0 Å². The first kappa shape index (κ1) is 20.8. The van der Waals surface area contributed by atoms with Crippen molar-refractivity contribution in [3.05, 3.63) is 36.2 Å². The number of nitrogens with two attached hydrogens (primary N) is 1. The summed E-state index contributed by atoms with van der Waals surface area (Å²) in [5.41, 5.74) is 10.7.